The zero-order valence-corrected chi connectivity index (χ0v) is 16.8. The Morgan fingerprint density at radius 2 is 1.87 bits per heavy atom. The van der Waals surface area contributed by atoms with Crippen LogP contribution in [0, 0.1) is 6.92 Å². The maximum absolute atomic E-state index is 13.1. The smallest absolute Gasteiger partial charge is 0.262 e. The zero-order valence-electron chi connectivity index (χ0n) is 16.8. The summed E-state index contributed by atoms with van der Waals surface area (Å²) in [4.78, 5) is 35.2. The van der Waals surface area contributed by atoms with Gasteiger partial charge >= 0.3 is 0 Å². The maximum Gasteiger partial charge on any atom is 0.262 e. The number of para-hydroxylation sites is 1. The molecular formula is C24H20N4O3. The minimum atomic E-state index is -0.400. The van der Waals surface area contributed by atoms with Gasteiger partial charge in [-0.2, -0.15) is 0 Å². The first-order chi connectivity index (χ1) is 15.1. The first-order valence-electron chi connectivity index (χ1n) is 9.99. The molecule has 2 aromatic carbocycles. The van der Waals surface area contributed by atoms with Crippen LogP contribution in [0.2, 0.25) is 0 Å². The molecular weight excluding hydrogens is 392 g/mol. The number of furan rings is 1. The molecule has 7 heteroatoms. The van der Waals surface area contributed by atoms with Crippen molar-refractivity contribution in [3.63, 3.8) is 0 Å². The zero-order chi connectivity index (χ0) is 21.4. The van der Waals surface area contributed by atoms with Gasteiger partial charge in [-0.25, -0.2) is 4.98 Å². The number of nitrogens with one attached hydrogen (secondary N) is 3. The molecule has 5 rings (SSSR count). The Kier molecular flexibility index (Phi) is 4.63. The average Bonchev–Trinajstić information content (AvgIpc) is 3.36. The Labute approximate surface area is 177 Å². The fourth-order valence-corrected chi connectivity index (χ4v) is 4.08. The SMILES string of the molecule is Cc1oc2nc[nH]c(=O)c2c1C(=O)NC[C@H](c1ccccc1)c1c[nH]c2ccccc12. The Morgan fingerprint density at radius 1 is 1.10 bits per heavy atom. The summed E-state index contributed by atoms with van der Waals surface area (Å²) in [6, 6.07) is 18.1. The molecule has 0 aliphatic carbocycles. The molecule has 0 aliphatic heterocycles. The van der Waals surface area contributed by atoms with E-state index < -0.39 is 5.56 Å². The van der Waals surface area contributed by atoms with E-state index in [2.05, 4.69) is 26.3 Å². The lowest BCUT2D eigenvalue weighted by molar-refractivity contribution is 0.0952. The summed E-state index contributed by atoms with van der Waals surface area (Å²) in [5.74, 6) is -0.0771. The number of fused-ring (bicyclic) bond motifs is 2. The molecule has 31 heavy (non-hydrogen) atoms. The Balaban J connectivity index is 1.51. The average molecular weight is 412 g/mol. The normalized spacial score (nSPS) is 12.3. The third-order valence-corrected chi connectivity index (χ3v) is 5.56. The van der Waals surface area contributed by atoms with Gasteiger partial charge in [0.1, 0.15) is 11.1 Å². The molecule has 0 fully saturated rings. The number of aromatic amines is 2. The summed E-state index contributed by atoms with van der Waals surface area (Å²) in [5.41, 5.74) is 3.19. The van der Waals surface area contributed by atoms with E-state index in [1.807, 2.05) is 54.7 Å². The summed E-state index contributed by atoms with van der Waals surface area (Å²) in [7, 11) is 0. The minimum Gasteiger partial charge on any atom is -0.442 e. The Bertz CT molecular complexity index is 1450. The van der Waals surface area contributed by atoms with Crippen LogP contribution in [0.3, 0.4) is 0 Å². The fourth-order valence-electron chi connectivity index (χ4n) is 4.08. The van der Waals surface area contributed by atoms with E-state index in [4.69, 9.17) is 4.42 Å². The van der Waals surface area contributed by atoms with E-state index >= 15 is 0 Å². The van der Waals surface area contributed by atoms with Crippen molar-refractivity contribution in [2.45, 2.75) is 12.8 Å². The lowest BCUT2D eigenvalue weighted by Crippen LogP contribution is -2.30. The van der Waals surface area contributed by atoms with Gasteiger partial charge in [0, 0.05) is 29.6 Å². The number of hydrogen-bond donors (Lipinski definition) is 3. The van der Waals surface area contributed by atoms with Crippen LogP contribution in [0.4, 0.5) is 0 Å². The highest BCUT2D eigenvalue weighted by atomic mass is 16.3. The quantitative estimate of drug-likeness (QED) is 0.408. The lowest BCUT2D eigenvalue weighted by Gasteiger charge is -2.18. The molecule has 3 N–H and O–H groups in total. The minimum absolute atomic E-state index is 0.0730. The van der Waals surface area contributed by atoms with Gasteiger partial charge in [0.15, 0.2) is 0 Å². The van der Waals surface area contributed by atoms with E-state index in [0.717, 1.165) is 22.0 Å². The number of nitrogens with zero attached hydrogens (tertiary/aromatic N) is 1. The fraction of sp³-hybridized carbons (Fsp3) is 0.125. The molecule has 0 aliphatic rings. The van der Waals surface area contributed by atoms with Gasteiger partial charge in [-0.3, -0.25) is 9.59 Å². The predicted molar refractivity (Wildman–Crippen MR) is 118 cm³/mol. The second kappa shape index (κ2) is 7.60. The molecule has 0 bridgehead atoms. The van der Waals surface area contributed by atoms with Crippen molar-refractivity contribution in [2.24, 2.45) is 0 Å². The summed E-state index contributed by atoms with van der Waals surface area (Å²) < 4.78 is 5.53. The van der Waals surface area contributed by atoms with Crippen molar-refractivity contribution in [2.75, 3.05) is 6.54 Å². The van der Waals surface area contributed by atoms with Crippen LogP contribution in [0.15, 0.2) is 76.3 Å². The molecule has 3 heterocycles. The summed E-state index contributed by atoms with van der Waals surface area (Å²) in [6.45, 7) is 2.01. The number of H-pyrrole nitrogens is 2. The summed E-state index contributed by atoms with van der Waals surface area (Å²) in [5, 5.41) is 4.28. The van der Waals surface area contributed by atoms with Gasteiger partial charge in [-0.15, -0.1) is 0 Å². The van der Waals surface area contributed by atoms with Crippen molar-refractivity contribution in [3.8, 4) is 0 Å². The molecule has 1 amide bonds. The van der Waals surface area contributed by atoms with Crippen molar-refractivity contribution in [1.29, 1.82) is 0 Å². The van der Waals surface area contributed by atoms with Crippen LogP contribution >= 0.6 is 0 Å². The number of carbonyl (C=O) groups excluding carboxylic acids is 1. The monoisotopic (exact) mass is 412 g/mol. The van der Waals surface area contributed by atoms with E-state index in [0.29, 0.717) is 12.3 Å². The van der Waals surface area contributed by atoms with E-state index in [9.17, 15) is 9.59 Å². The third kappa shape index (κ3) is 3.30. The highest BCUT2D eigenvalue weighted by Gasteiger charge is 2.24. The van der Waals surface area contributed by atoms with E-state index in [-0.39, 0.29) is 28.5 Å². The highest BCUT2D eigenvalue weighted by Crippen LogP contribution is 2.30. The second-order valence-electron chi connectivity index (χ2n) is 7.41. The number of hydrogen-bond acceptors (Lipinski definition) is 4. The molecule has 0 spiro atoms. The predicted octanol–water partition coefficient (Wildman–Crippen LogP) is 3.87. The van der Waals surface area contributed by atoms with Crippen LogP contribution < -0.4 is 10.9 Å². The van der Waals surface area contributed by atoms with Crippen molar-refractivity contribution in [3.05, 3.63) is 99.9 Å². The number of amides is 1. The number of rotatable bonds is 5. The number of aryl methyl sites for hydroxylation is 1. The highest BCUT2D eigenvalue weighted by molar-refractivity contribution is 6.06. The molecule has 3 aromatic heterocycles. The van der Waals surface area contributed by atoms with Crippen molar-refractivity contribution < 1.29 is 9.21 Å². The van der Waals surface area contributed by atoms with Gasteiger partial charge in [-0.05, 0) is 24.1 Å². The van der Waals surface area contributed by atoms with Crippen LogP contribution in [-0.4, -0.2) is 27.4 Å². The second-order valence-corrected chi connectivity index (χ2v) is 7.41. The van der Waals surface area contributed by atoms with E-state index in [1.54, 1.807) is 6.92 Å². The van der Waals surface area contributed by atoms with Gasteiger partial charge in [0.2, 0.25) is 5.71 Å². The van der Waals surface area contributed by atoms with Crippen LogP contribution in [0.1, 0.15) is 33.2 Å². The summed E-state index contributed by atoms with van der Waals surface area (Å²) in [6.07, 6.45) is 3.25. The Hall–Kier alpha value is -4.13. The van der Waals surface area contributed by atoms with Crippen molar-refractivity contribution >= 4 is 27.9 Å². The number of carbonyl (C=O) groups is 1. The Morgan fingerprint density at radius 3 is 2.71 bits per heavy atom. The molecule has 5 aromatic rings. The lowest BCUT2D eigenvalue weighted by atomic mass is 9.91. The first-order valence-corrected chi connectivity index (χ1v) is 9.99. The standard InChI is InChI=1S/C24H20N4O3/c1-14-20(21-23(30)27-13-28-24(21)31-14)22(29)26-11-17(15-7-3-2-4-8-15)18-12-25-19-10-6-5-9-16(18)19/h2-10,12-13,17,25H,11H2,1H3,(H,26,29)(H,27,28,30)/t17-/m1/s1. The van der Waals surface area contributed by atoms with Crippen LogP contribution in [0.5, 0.6) is 0 Å². The van der Waals surface area contributed by atoms with Gasteiger partial charge in [0.25, 0.3) is 11.5 Å². The molecule has 7 nitrogen and oxygen atoms in total. The van der Waals surface area contributed by atoms with Gasteiger partial charge in [0.05, 0.1) is 11.9 Å². The maximum atomic E-state index is 13.1. The van der Waals surface area contributed by atoms with Gasteiger partial charge < -0.3 is 19.7 Å². The molecule has 0 unspecified atom stereocenters. The molecule has 0 saturated carbocycles. The summed E-state index contributed by atoms with van der Waals surface area (Å²) >= 11 is 0. The van der Waals surface area contributed by atoms with Crippen LogP contribution in [0.25, 0.3) is 22.0 Å². The third-order valence-electron chi connectivity index (χ3n) is 5.56. The molecule has 1 atom stereocenters. The number of benzene rings is 2. The number of aromatic nitrogens is 3. The molecule has 154 valence electrons. The first kappa shape index (κ1) is 18.9. The largest absolute Gasteiger partial charge is 0.442 e. The van der Waals surface area contributed by atoms with Gasteiger partial charge in [-0.1, -0.05) is 48.5 Å². The van der Waals surface area contributed by atoms with E-state index in [1.165, 1.54) is 6.33 Å². The molecule has 0 saturated heterocycles. The van der Waals surface area contributed by atoms with Crippen LogP contribution in [-0.2, 0) is 0 Å². The van der Waals surface area contributed by atoms with Crippen molar-refractivity contribution in [1.82, 2.24) is 20.3 Å². The molecule has 0 radical (unpaired) electrons. The topological polar surface area (TPSA) is 104 Å².